The van der Waals surface area contributed by atoms with Gasteiger partial charge in [-0.05, 0) is 42.5 Å². The molecule has 2 aliphatic heterocycles. The average Bonchev–Trinajstić information content (AvgIpc) is 2.72. The standard InChI is InChI=1S/C18H27N3O2/c1-17(2,3)14-6-4-13(5-7-14)12-21-15(22)18(20-16(21)23)8-10-19-11-9-18/h4-7,15,19,22H,8-12H2,1-3H3,(H,20,23). The molecule has 3 rings (SSSR count). The van der Waals surface area contributed by atoms with E-state index in [1.54, 1.807) is 4.90 Å². The van der Waals surface area contributed by atoms with Crippen LogP contribution >= 0.6 is 0 Å². The molecule has 5 heteroatoms. The van der Waals surface area contributed by atoms with Crippen molar-refractivity contribution in [3.8, 4) is 0 Å². The zero-order valence-electron chi connectivity index (χ0n) is 14.2. The van der Waals surface area contributed by atoms with Gasteiger partial charge in [-0.3, -0.25) is 4.90 Å². The van der Waals surface area contributed by atoms with Crippen molar-refractivity contribution < 1.29 is 9.90 Å². The first-order chi connectivity index (χ1) is 10.8. The fourth-order valence-electron chi connectivity index (χ4n) is 3.48. The van der Waals surface area contributed by atoms with Crippen LogP contribution in [0.4, 0.5) is 4.79 Å². The molecular formula is C18H27N3O2. The highest BCUT2D eigenvalue weighted by atomic mass is 16.3. The Kier molecular flexibility index (Phi) is 4.10. The number of nitrogens with zero attached hydrogens (tertiary/aromatic N) is 1. The molecule has 0 aliphatic carbocycles. The summed E-state index contributed by atoms with van der Waals surface area (Å²) >= 11 is 0. The van der Waals surface area contributed by atoms with Gasteiger partial charge in [0.15, 0.2) is 6.23 Å². The first-order valence-corrected chi connectivity index (χ1v) is 8.39. The third-order valence-electron chi connectivity index (χ3n) is 5.07. The highest BCUT2D eigenvalue weighted by Gasteiger charge is 2.50. The number of urea groups is 1. The topological polar surface area (TPSA) is 64.6 Å². The molecule has 0 radical (unpaired) electrons. The Bertz CT molecular complexity index is 571. The molecule has 126 valence electrons. The molecule has 1 aromatic carbocycles. The number of aliphatic hydroxyl groups is 1. The van der Waals surface area contributed by atoms with Crippen LogP contribution in [0.5, 0.6) is 0 Å². The third kappa shape index (κ3) is 3.08. The summed E-state index contributed by atoms with van der Waals surface area (Å²) < 4.78 is 0. The van der Waals surface area contributed by atoms with Crippen molar-refractivity contribution in [3.63, 3.8) is 0 Å². The first kappa shape index (κ1) is 16.3. The number of benzene rings is 1. The minimum Gasteiger partial charge on any atom is -0.371 e. The van der Waals surface area contributed by atoms with Crippen molar-refractivity contribution in [2.45, 2.75) is 57.3 Å². The summed E-state index contributed by atoms with van der Waals surface area (Å²) in [6, 6.07) is 8.15. The molecule has 2 saturated heterocycles. The second-order valence-electron chi connectivity index (χ2n) is 7.78. The van der Waals surface area contributed by atoms with Gasteiger partial charge in [0.2, 0.25) is 0 Å². The molecule has 1 aromatic rings. The second kappa shape index (κ2) is 5.80. The van der Waals surface area contributed by atoms with Crippen LogP contribution in [0.3, 0.4) is 0 Å². The van der Waals surface area contributed by atoms with Crippen LogP contribution in [0, 0.1) is 0 Å². The fraction of sp³-hybridized carbons (Fsp3) is 0.611. The molecule has 1 unspecified atom stereocenters. The Morgan fingerprint density at radius 2 is 1.83 bits per heavy atom. The number of carbonyl (C=O) groups excluding carboxylic acids is 1. The summed E-state index contributed by atoms with van der Waals surface area (Å²) in [5.41, 5.74) is 1.93. The zero-order valence-corrected chi connectivity index (χ0v) is 14.2. The van der Waals surface area contributed by atoms with E-state index in [2.05, 4.69) is 43.5 Å². The van der Waals surface area contributed by atoms with E-state index in [-0.39, 0.29) is 11.4 Å². The van der Waals surface area contributed by atoms with E-state index >= 15 is 0 Å². The van der Waals surface area contributed by atoms with E-state index in [9.17, 15) is 9.90 Å². The summed E-state index contributed by atoms with van der Waals surface area (Å²) in [6.45, 7) is 8.63. The Morgan fingerprint density at radius 3 is 2.39 bits per heavy atom. The Labute approximate surface area is 138 Å². The lowest BCUT2D eigenvalue weighted by Crippen LogP contribution is -2.56. The Morgan fingerprint density at radius 1 is 1.22 bits per heavy atom. The fourth-order valence-corrected chi connectivity index (χ4v) is 3.48. The van der Waals surface area contributed by atoms with Crippen LogP contribution < -0.4 is 10.6 Å². The van der Waals surface area contributed by atoms with E-state index in [1.165, 1.54) is 5.56 Å². The van der Waals surface area contributed by atoms with Gasteiger partial charge in [-0.15, -0.1) is 0 Å². The van der Waals surface area contributed by atoms with E-state index in [0.717, 1.165) is 31.5 Å². The SMILES string of the molecule is CC(C)(C)c1ccc(CN2C(=O)NC3(CCNCC3)C2O)cc1. The first-order valence-electron chi connectivity index (χ1n) is 8.39. The minimum absolute atomic E-state index is 0.113. The van der Waals surface area contributed by atoms with Crippen LogP contribution in [0.2, 0.25) is 0 Å². The van der Waals surface area contributed by atoms with Gasteiger partial charge in [0.25, 0.3) is 0 Å². The van der Waals surface area contributed by atoms with E-state index in [0.29, 0.717) is 6.54 Å². The Hall–Kier alpha value is -1.59. The van der Waals surface area contributed by atoms with Crippen molar-refractivity contribution in [2.75, 3.05) is 13.1 Å². The van der Waals surface area contributed by atoms with Gasteiger partial charge in [0.05, 0.1) is 12.1 Å². The smallest absolute Gasteiger partial charge is 0.320 e. The number of rotatable bonds is 2. The predicted molar refractivity (Wildman–Crippen MR) is 90.1 cm³/mol. The van der Waals surface area contributed by atoms with Crippen LogP contribution in [0.15, 0.2) is 24.3 Å². The number of nitrogens with one attached hydrogen (secondary N) is 2. The van der Waals surface area contributed by atoms with Crippen LogP contribution in [0.1, 0.15) is 44.7 Å². The lowest BCUT2D eigenvalue weighted by Gasteiger charge is -2.36. The van der Waals surface area contributed by atoms with Crippen LogP contribution in [-0.4, -0.2) is 40.9 Å². The Balaban J connectivity index is 1.73. The van der Waals surface area contributed by atoms with Crippen LogP contribution in [-0.2, 0) is 12.0 Å². The molecule has 1 atom stereocenters. The highest BCUT2D eigenvalue weighted by Crippen LogP contribution is 2.31. The molecule has 2 fully saturated rings. The number of hydrogen-bond acceptors (Lipinski definition) is 3. The maximum atomic E-state index is 12.3. The maximum Gasteiger partial charge on any atom is 0.320 e. The van der Waals surface area contributed by atoms with Gasteiger partial charge in [-0.2, -0.15) is 0 Å². The highest BCUT2D eigenvalue weighted by molar-refractivity contribution is 5.78. The van der Waals surface area contributed by atoms with E-state index in [4.69, 9.17) is 0 Å². The molecule has 0 aromatic heterocycles. The van der Waals surface area contributed by atoms with Crippen molar-refractivity contribution in [1.82, 2.24) is 15.5 Å². The normalized spacial score (nSPS) is 24.1. The third-order valence-corrected chi connectivity index (χ3v) is 5.07. The lowest BCUT2D eigenvalue weighted by atomic mass is 9.86. The molecule has 1 spiro atoms. The summed E-state index contributed by atoms with van der Waals surface area (Å²) in [6.07, 6.45) is 0.762. The van der Waals surface area contributed by atoms with Gasteiger partial charge in [0.1, 0.15) is 0 Å². The number of carbonyl (C=O) groups is 1. The molecule has 0 bridgehead atoms. The average molecular weight is 317 g/mol. The summed E-state index contributed by atoms with van der Waals surface area (Å²) in [4.78, 5) is 13.9. The molecule has 5 nitrogen and oxygen atoms in total. The minimum atomic E-state index is -0.764. The summed E-state index contributed by atoms with van der Waals surface area (Å²) in [5.74, 6) is 0. The molecule has 2 amide bonds. The molecule has 0 saturated carbocycles. The quantitative estimate of drug-likeness (QED) is 0.781. The maximum absolute atomic E-state index is 12.3. The van der Waals surface area contributed by atoms with Gasteiger partial charge < -0.3 is 15.7 Å². The van der Waals surface area contributed by atoms with Gasteiger partial charge in [0, 0.05) is 0 Å². The van der Waals surface area contributed by atoms with Crippen molar-refractivity contribution in [3.05, 3.63) is 35.4 Å². The predicted octanol–water partition coefficient (Wildman–Crippen LogP) is 1.95. The van der Waals surface area contributed by atoms with Crippen molar-refractivity contribution >= 4 is 6.03 Å². The molecule has 3 N–H and O–H groups in total. The van der Waals surface area contributed by atoms with Gasteiger partial charge in [-0.1, -0.05) is 45.0 Å². The molecule has 2 aliphatic rings. The van der Waals surface area contributed by atoms with E-state index < -0.39 is 11.8 Å². The monoisotopic (exact) mass is 317 g/mol. The van der Waals surface area contributed by atoms with E-state index in [1.807, 2.05) is 12.1 Å². The number of amides is 2. The number of hydrogen-bond donors (Lipinski definition) is 3. The van der Waals surface area contributed by atoms with Gasteiger partial charge >= 0.3 is 6.03 Å². The van der Waals surface area contributed by atoms with Crippen LogP contribution in [0.25, 0.3) is 0 Å². The summed E-state index contributed by atoms with van der Waals surface area (Å²) in [7, 11) is 0. The van der Waals surface area contributed by atoms with Crippen molar-refractivity contribution in [1.29, 1.82) is 0 Å². The zero-order chi connectivity index (χ0) is 16.7. The molecule has 2 heterocycles. The summed E-state index contributed by atoms with van der Waals surface area (Å²) in [5, 5.41) is 17.0. The van der Waals surface area contributed by atoms with Gasteiger partial charge in [-0.25, -0.2) is 4.79 Å². The number of piperidine rings is 1. The number of aliphatic hydroxyl groups excluding tert-OH is 1. The molecular weight excluding hydrogens is 290 g/mol. The molecule has 23 heavy (non-hydrogen) atoms. The van der Waals surface area contributed by atoms with Crippen molar-refractivity contribution in [2.24, 2.45) is 0 Å². The largest absolute Gasteiger partial charge is 0.371 e. The lowest BCUT2D eigenvalue weighted by molar-refractivity contribution is -0.0135. The second-order valence-corrected chi connectivity index (χ2v) is 7.78.